The Hall–Kier alpha value is -6.09. The lowest BCUT2D eigenvalue weighted by Crippen LogP contribution is -1.95. The highest BCUT2D eigenvalue weighted by Gasteiger charge is 2.22. The first kappa shape index (κ1) is 27.8. The van der Waals surface area contributed by atoms with Crippen LogP contribution in [-0.2, 0) is 0 Å². The Morgan fingerprint density at radius 3 is 1.90 bits per heavy atom. The Kier molecular flexibility index (Phi) is 5.96. The maximum atomic E-state index is 2.49. The highest BCUT2D eigenvalue weighted by atomic mass is 32.2. The van der Waals surface area contributed by atoms with E-state index >= 15 is 0 Å². The second kappa shape index (κ2) is 10.7. The molecule has 1 aliphatic rings. The van der Waals surface area contributed by atoms with Gasteiger partial charge in [0.1, 0.15) is 0 Å². The zero-order valence-electron chi connectivity index (χ0n) is 27.1. The maximum absolute atomic E-state index is 2.49. The zero-order valence-corrected chi connectivity index (χ0v) is 27.9. The zero-order chi connectivity index (χ0) is 32.8. The summed E-state index contributed by atoms with van der Waals surface area (Å²) in [4.78, 5) is 2.65. The summed E-state index contributed by atoms with van der Waals surface area (Å²) < 4.78 is 2.49. The molecule has 11 rings (SSSR count). The van der Waals surface area contributed by atoms with Crippen LogP contribution in [0.1, 0.15) is 0 Å². The lowest BCUT2D eigenvalue weighted by atomic mass is 9.90. The van der Waals surface area contributed by atoms with Crippen molar-refractivity contribution in [2.24, 2.45) is 0 Å². The topological polar surface area (TPSA) is 4.93 Å². The van der Waals surface area contributed by atoms with Gasteiger partial charge in [0.15, 0.2) is 0 Å². The molecule has 0 amide bonds. The van der Waals surface area contributed by atoms with Crippen LogP contribution in [0.4, 0.5) is 0 Å². The van der Waals surface area contributed by atoms with Crippen molar-refractivity contribution in [1.82, 2.24) is 4.57 Å². The molecule has 10 aromatic rings. The predicted octanol–water partition coefficient (Wildman–Crippen LogP) is 13.7. The van der Waals surface area contributed by atoms with E-state index in [1.165, 1.54) is 103 Å². The van der Waals surface area contributed by atoms with Crippen molar-refractivity contribution >= 4 is 65.9 Å². The van der Waals surface area contributed by atoms with E-state index in [-0.39, 0.29) is 0 Å². The first-order chi connectivity index (χ1) is 24.8. The van der Waals surface area contributed by atoms with Crippen molar-refractivity contribution < 1.29 is 0 Å². The molecule has 1 aromatic heterocycles. The number of nitrogens with zero attached hydrogens (tertiary/aromatic N) is 1. The Balaban J connectivity index is 1.18. The van der Waals surface area contributed by atoms with Crippen LogP contribution in [0.15, 0.2) is 186 Å². The van der Waals surface area contributed by atoms with Crippen molar-refractivity contribution in [2.45, 2.75) is 9.79 Å². The van der Waals surface area contributed by atoms with Gasteiger partial charge in [-0.3, -0.25) is 0 Å². The number of fused-ring (bicyclic) bond motifs is 9. The minimum atomic E-state index is 1.17. The molecule has 0 spiro atoms. The highest BCUT2D eigenvalue weighted by Crippen LogP contribution is 2.50. The Morgan fingerprint density at radius 1 is 0.340 bits per heavy atom. The van der Waals surface area contributed by atoms with Gasteiger partial charge >= 0.3 is 0 Å². The molecule has 0 radical (unpaired) electrons. The largest absolute Gasteiger partial charge is 0.308 e. The monoisotopic (exact) mass is 651 g/mol. The van der Waals surface area contributed by atoms with E-state index in [2.05, 4.69) is 180 Å². The lowest BCUT2D eigenvalue weighted by Gasteiger charge is -2.21. The van der Waals surface area contributed by atoms with Crippen LogP contribution in [0, 0.1) is 0 Å². The fraction of sp³-hybridized carbons (Fsp3) is 0. The average molecular weight is 652 g/mol. The molecule has 0 unspecified atom stereocenters. The van der Waals surface area contributed by atoms with Crippen molar-refractivity contribution in [1.29, 1.82) is 0 Å². The fourth-order valence-corrected chi connectivity index (χ4v) is 9.52. The summed E-state index contributed by atoms with van der Waals surface area (Å²) in [6.45, 7) is 0. The van der Waals surface area contributed by atoms with Gasteiger partial charge in [-0.1, -0.05) is 151 Å². The van der Waals surface area contributed by atoms with Gasteiger partial charge in [0.2, 0.25) is 0 Å². The number of benzene rings is 9. The molecule has 0 fully saturated rings. The average Bonchev–Trinajstić information content (AvgIpc) is 3.53. The number of rotatable bonds is 3. The third kappa shape index (κ3) is 3.97. The van der Waals surface area contributed by atoms with E-state index in [0.717, 1.165) is 0 Å². The molecule has 0 saturated carbocycles. The number of para-hydroxylation sites is 1. The van der Waals surface area contributed by atoms with E-state index < -0.39 is 0 Å². The van der Waals surface area contributed by atoms with Gasteiger partial charge in [-0.05, 0) is 85.9 Å². The molecular weight excluding hydrogens is 623 g/mol. The maximum Gasteiger partial charge on any atom is 0.0620 e. The second-order valence-corrected chi connectivity index (χ2v) is 14.3. The SMILES string of the molecule is c1ccc(-n2c3c4ccccc4ccc3c3cc(-c4cccc(-c5ccc6c7c(cccc57)-c5ccccc5S6)c4)c4ccccc4c32)cc1. The normalized spacial score (nSPS) is 12.3. The molecular formula is C48H29NS. The van der Waals surface area contributed by atoms with Gasteiger partial charge in [0.05, 0.1) is 11.0 Å². The summed E-state index contributed by atoms with van der Waals surface area (Å²) in [6, 6.07) is 65.0. The van der Waals surface area contributed by atoms with E-state index in [1.54, 1.807) is 0 Å². The minimum absolute atomic E-state index is 1.17. The Bertz CT molecular complexity index is 3010. The molecule has 2 heterocycles. The van der Waals surface area contributed by atoms with Gasteiger partial charge in [-0.15, -0.1) is 0 Å². The van der Waals surface area contributed by atoms with Crippen molar-refractivity contribution in [3.63, 3.8) is 0 Å². The smallest absolute Gasteiger partial charge is 0.0620 e. The standard InChI is InChI=1S/C48H29NS/c1-2-15-33(16-3-1)49-47-35-17-5-4-12-30(35)24-25-41(47)43-29-42(36-18-6-7-20-40(36)48(43)49)32-14-10-13-31(28-32)34-26-27-45-46-38(34)21-11-22-39(46)37-19-8-9-23-44(37)50-45/h1-29H. The molecule has 1 aliphatic heterocycles. The first-order valence-electron chi connectivity index (χ1n) is 17.2. The van der Waals surface area contributed by atoms with Crippen LogP contribution >= 0.6 is 11.8 Å². The summed E-state index contributed by atoms with van der Waals surface area (Å²) in [5.74, 6) is 0. The van der Waals surface area contributed by atoms with Gasteiger partial charge in [-0.25, -0.2) is 0 Å². The molecule has 0 bridgehead atoms. The first-order valence-corrected chi connectivity index (χ1v) is 18.0. The molecule has 9 aromatic carbocycles. The number of hydrogen-bond acceptors (Lipinski definition) is 1. The van der Waals surface area contributed by atoms with E-state index in [9.17, 15) is 0 Å². The van der Waals surface area contributed by atoms with Crippen molar-refractivity contribution in [2.75, 3.05) is 0 Å². The molecule has 0 N–H and O–H groups in total. The summed E-state index contributed by atoms with van der Waals surface area (Å²) >= 11 is 1.88. The Morgan fingerprint density at radius 2 is 1.00 bits per heavy atom. The van der Waals surface area contributed by atoms with Gasteiger partial charge < -0.3 is 4.57 Å². The van der Waals surface area contributed by atoms with Gasteiger partial charge in [-0.2, -0.15) is 0 Å². The second-order valence-electron chi connectivity index (χ2n) is 13.2. The minimum Gasteiger partial charge on any atom is -0.308 e. The van der Waals surface area contributed by atoms with Crippen LogP contribution in [0.2, 0.25) is 0 Å². The third-order valence-corrected chi connectivity index (χ3v) is 11.7. The molecule has 0 atom stereocenters. The molecule has 50 heavy (non-hydrogen) atoms. The van der Waals surface area contributed by atoms with Crippen molar-refractivity contribution in [3.8, 4) is 39.1 Å². The quantitative estimate of drug-likeness (QED) is 0.184. The lowest BCUT2D eigenvalue weighted by molar-refractivity contribution is 1.19. The fourth-order valence-electron chi connectivity index (χ4n) is 8.39. The highest BCUT2D eigenvalue weighted by molar-refractivity contribution is 7.99. The summed E-state index contributed by atoms with van der Waals surface area (Å²) in [6.07, 6.45) is 0. The molecule has 232 valence electrons. The molecule has 0 aliphatic carbocycles. The van der Waals surface area contributed by atoms with Gasteiger partial charge in [0.25, 0.3) is 0 Å². The van der Waals surface area contributed by atoms with E-state index in [4.69, 9.17) is 0 Å². The van der Waals surface area contributed by atoms with Crippen LogP contribution < -0.4 is 0 Å². The van der Waals surface area contributed by atoms with E-state index in [1.807, 2.05) is 11.8 Å². The van der Waals surface area contributed by atoms with Crippen LogP contribution in [0.25, 0.3) is 93.2 Å². The van der Waals surface area contributed by atoms with Crippen LogP contribution in [0.3, 0.4) is 0 Å². The third-order valence-electron chi connectivity index (χ3n) is 10.6. The number of aromatic nitrogens is 1. The summed E-state index contributed by atoms with van der Waals surface area (Å²) in [7, 11) is 0. The molecule has 2 heteroatoms. The van der Waals surface area contributed by atoms with Crippen LogP contribution in [-0.4, -0.2) is 4.57 Å². The molecule has 1 nitrogen and oxygen atoms in total. The molecule has 0 saturated heterocycles. The van der Waals surface area contributed by atoms with E-state index in [0.29, 0.717) is 0 Å². The number of hydrogen-bond donors (Lipinski definition) is 0. The van der Waals surface area contributed by atoms with Crippen molar-refractivity contribution in [3.05, 3.63) is 176 Å². The summed E-state index contributed by atoms with van der Waals surface area (Å²) in [5, 5.41) is 10.2. The van der Waals surface area contributed by atoms with Gasteiger partial charge in [0, 0.05) is 42.4 Å². The Labute approximate surface area is 294 Å². The predicted molar refractivity (Wildman–Crippen MR) is 214 cm³/mol. The van der Waals surface area contributed by atoms with Crippen LogP contribution in [0.5, 0.6) is 0 Å². The summed E-state index contributed by atoms with van der Waals surface area (Å²) in [5.41, 5.74) is 11.3.